The molecular weight excluding hydrogens is 437 g/mol. The molecule has 0 fully saturated rings. The van der Waals surface area contributed by atoms with Crippen LogP contribution in [0.5, 0.6) is 11.5 Å². The summed E-state index contributed by atoms with van der Waals surface area (Å²) in [5.41, 5.74) is 2.46. The Labute approximate surface area is 189 Å². The van der Waals surface area contributed by atoms with Gasteiger partial charge in [0.2, 0.25) is 5.90 Å². The van der Waals surface area contributed by atoms with Gasteiger partial charge >= 0.3 is 5.97 Å². The zero-order valence-corrected chi connectivity index (χ0v) is 18.0. The molecule has 1 heterocycles. The number of rotatable bonds is 6. The van der Waals surface area contributed by atoms with Crippen molar-refractivity contribution < 1.29 is 19.0 Å². The number of carbonyl (C=O) groups is 1. The smallest absolute Gasteiger partial charge is 0.363 e. The first-order valence-electron chi connectivity index (χ1n) is 9.36. The Balaban J connectivity index is 1.58. The number of aliphatic imine (C=N–C) groups is 1. The van der Waals surface area contributed by atoms with E-state index >= 15 is 0 Å². The van der Waals surface area contributed by atoms with Gasteiger partial charge in [-0.3, -0.25) is 0 Å². The number of nitrogens with zero attached hydrogens (tertiary/aromatic N) is 1. The van der Waals surface area contributed by atoms with Crippen molar-refractivity contribution in [2.45, 2.75) is 6.61 Å². The average Bonchev–Trinajstić information content (AvgIpc) is 3.14. The molecular formula is C24H17Cl2NO4. The molecule has 156 valence electrons. The van der Waals surface area contributed by atoms with Crippen LogP contribution in [0, 0.1) is 0 Å². The number of hydrogen-bond donors (Lipinski definition) is 0. The summed E-state index contributed by atoms with van der Waals surface area (Å²) in [5.74, 6) is 0.575. The quantitative estimate of drug-likeness (QED) is 0.343. The highest BCUT2D eigenvalue weighted by atomic mass is 35.5. The first kappa shape index (κ1) is 21.0. The van der Waals surface area contributed by atoms with Gasteiger partial charge in [0, 0.05) is 10.6 Å². The minimum atomic E-state index is -0.531. The summed E-state index contributed by atoms with van der Waals surface area (Å²) in [6.45, 7) is 0.296. The van der Waals surface area contributed by atoms with Crippen LogP contribution in [0.15, 0.2) is 77.4 Å². The maximum Gasteiger partial charge on any atom is 0.363 e. The number of methoxy groups -OCH3 is 1. The van der Waals surface area contributed by atoms with Crippen LogP contribution in [-0.4, -0.2) is 19.0 Å². The molecule has 0 atom stereocenters. The number of cyclic esters (lactones) is 1. The third kappa shape index (κ3) is 4.90. The fourth-order valence-electron chi connectivity index (χ4n) is 2.97. The van der Waals surface area contributed by atoms with Gasteiger partial charge < -0.3 is 14.2 Å². The number of halogens is 2. The highest BCUT2D eigenvalue weighted by Gasteiger charge is 2.24. The topological polar surface area (TPSA) is 57.1 Å². The lowest BCUT2D eigenvalue weighted by atomic mass is 10.1. The predicted molar refractivity (Wildman–Crippen MR) is 121 cm³/mol. The van der Waals surface area contributed by atoms with Crippen molar-refractivity contribution in [3.05, 3.63) is 99.2 Å². The van der Waals surface area contributed by atoms with Crippen molar-refractivity contribution in [1.29, 1.82) is 0 Å². The molecule has 0 saturated heterocycles. The molecule has 7 heteroatoms. The van der Waals surface area contributed by atoms with E-state index in [-0.39, 0.29) is 11.6 Å². The minimum absolute atomic E-state index is 0.173. The molecule has 0 bridgehead atoms. The molecule has 1 aliphatic heterocycles. The van der Waals surface area contributed by atoms with Crippen LogP contribution in [-0.2, 0) is 16.1 Å². The van der Waals surface area contributed by atoms with Crippen LogP contribution in [0.2, 0.25) is 10.0 Å². The summed E-state index contributed by atoms with van der Waals surface area (Å²) in [4.78, 5) is 16.6. The number of ether oxygens (including phenoxy) is 3. The van der Waals surface area contributed by atoms with Gasteiger partial charge in [-0.05, 0) is 53.6 Å². The van der Waals surface area contributed by atoms with Crippen molar-refractivity contribution in [1.82, 2.24) is 0 Å². The van der Waals surface area contributed by atoms with Gasteiger partial charge in [0.1, 0.15) is 6.61 Å². The van der Waals surface area contributed by atoms with Gasteiger partial charge in [-0.25, -0.2) is 9.79 Å². The van der Waals surface area contributed by atoms with Crippen molar-refractivity contribution in [2.75, 3.05) is 7.11 Å². The summed E-state index contributed by atoms with van der Waals surface area (Å²) in [6.07, 6.45) is 1.59. The third-order valence-corrected chi connectivity index (χ3v) is 5.03. The largest absolute Gasteiger partial charge is 0.493 e. The molecule has 0 spiro atoms. The van der Waals surface area contributed by atoms with Crippen molar-refractivity contribution >= 4 is 41.1 Å². The lowest BCUT2D eigenvalue weighted by Gasteiger charge is -2.13. The zero-order chi connectivity index (χ0) is 21.8. The lowest BCUT2D eigenvalue weighted by Crippen LogP contribution is -2.05. The molecule has 0 aliphatic carbocycles. The predicted octanol–water partition coefficient (Wildman–Crippen LogP) is 5.93. The van der Waals surface area contributed by atoms with E-state index in [1.54, 1.807) is 30.3 Å². The fourth-order valence-corrected chi connectivity index (χ4v) is 3.37. The van der Waals surface area contributed by atoms with Crippen molar-refractivity contribution in [3.63, 3.8) is 0 Å². The Morgan fingerprint density at radius 3 is 2.48 bits per heavy atom. The maximum atomic E-state index is 12.2. The van der Waals surface area contributed by atoms with Gasteiger partial charge in [-0.1, -0.05) is 53.5 Å². The van der Waals surface area contributed by atoms with Crippen molar-refractivity contribution in [2.24, 2.45) is 4.99 Å². The molecule has 0 amide bonds. The molecule has 5 nitrogen and oxygen atoms in total. The summed E-state index contributed by atoms with van der Waals surface area (Å²) < 4.78 is 16.6. The Kier molecular flexibility index (Phi) is 6.26. The summed E-state index contributed by atoms with van der Waals surface area (Å²) in [7, 11) is 1.52. The van der Waals surface area contributed by atoms with E-state index in [0.717, 1.165) is 11.1 Å². The Hall–Kier alpha value is -3.28. The Bertz CT molecular complexity index is 1170. The van der Waals surface area contributed by atoms with Crippen LogP contribution >= 0.6 is 23.2 Å². The van der Waals surface area contributed by atoms with Gasteiger partial charge in [0.05, 0.1) is 12.1 Å². The summed E-state index contributed by atoms with van der Waals surface area (Å²) in [6, 6.07) is 19.9. The SMILES string of the molecule is COc1cc(/C=C2\N=C(c3ccccc3)OC2=O)cc(Cl)c1OCc1ccc(Cl)cc1. The fraction of sp³-hybridized carbons (Fsp3) is 0.0833. The van der Waals surface area contributed by atoms with Gasteiger partial charge in [0.15, 0.2) is 17.2 Å². The van der Waals surface area contributed by atoms with E-state index in [4.69, 9.17) is 37.4 Å². The molecule has 3 aromatic carbocycles. The minimum Gasteiger partial charge on any atom is -0.493 e. The number of carbonyl (C=O) groups excluding carboxylic acids is 1. The van der Waals surface area contributed by atoms with Gasteiger partial charge in [-0.2, -0.15) is 0 Å². The Morgan fingerprint density at radius 2 is 1.77 bits per heavy atom. The standard InChI is InChI=1S/C24H17Cl2NO4/c1-29-21-13-16(11-19(26)22(21)30-14-15-7-9-18(25)10-8-15)12-20-24(28)31-23(27-20)17-5-3-2-4-6-17/h2-13H,14H2,1H3/b20-12-. The molecule has 0 radical (unpaired) electrons. The van der Waals surface area contributed by atoms with E-state index in [0.29, 0.717) is 33.7 Å². The molecule has 4 rings (SSSR count). The van der Waals surface area contributed by atoms with Crippen LogP contribution in [0.25, 0.3) is 6.08 Å². The highest BCUT2D eigenvalue weighted by Crippen LogP contribution is 2.38. The van der Waals surface area contributed by atoms with E-state index in [1.165, 1.54) is 7.11 Å². The average molecular weight is 454 g/mol. The molecule has 0 saturated carbocycles. The Morgan fingerprint density at radius 1 is 1.03 bits per heavy atom. The first-order chi connectivity index (χ1) is 15.0. The number of esters is 1. The van der Waals surface area contributed by atoms with E-state index in [1.807, 2.05) is 42.5 Å². The van der Waals surface area contributed by atoms with Crippen LogP contribution in [0.3, 0.4) is 0 Å². The summed E-state index contributed by atoms with van der Waals surface area (Å²) >= 11 is 12.4. The second-order valence-corrected chi connectivity index (χ2v) is 7.49. The lowest BCUT2D eigenvalue weighted by molar-refractivity contribution is -0.129. The van der Waals surface area contributed by atoms with Crippen LogP contribution in [0.1, 0.15) is 16.7 Å². The monoisotopic (exact) mass is 453 g/mol. The van der Waals surface area contributed by atoms with Gasteiger partial charge in [-0.15, -0.1) is 0 Å². The zero-order valence-electron chi connectivity index (χ0n) is 16.5. The second-order valence-electron chi connectivity index (χ2n) is 6.65. The van der Waals surface area contributed by atoms with Crippen LogP contribution in [0.4, 0.5) is 0 Å². The summed E-state index contributed by atoms with van der Waals surface area (Å²) in [5, 5.41) is 0.999. The molecule has 31 heavy (non-hydrogen) atoms. The van der Waals surface area contributed by atoms with Gasteiger partial charge in [0.25, 0.3) is 0 Å². The normalized spacial score (nSPS) is 14.4. The first-order valence-corrected chi connectivity index (χ1v) is 10.1. The third-order valence-electron chi connectivity index (χ3n) is 4.49. The molecule has 0 N–H and O–H groups in total. The molecule has 0 unspecified atom stereocenters. The van der Waals surface area contributed by atoms with Crippen LogP contribution < -0.4 is 9.47 Å². The van der Waals surface area contributed by atoms with E-state index in [2.05, 4.69) is 4.99 Å². The van der Waals surface area contributed by atoms with E-state index < -0.39 is 5.97 Å². The number of hydrogen-bond acceptors (Lipinski definition) is 5. The molecule has 1 aliphatic rings. The van der Waals surface area contributed by atoms with E-state index in [9.17, 15) is 4.79 Å². The second kappa shape index (κ2) is 9.25. The van der Waals surface area contributed by atoms with Crippen molar-refractivity contribution in [3.8, 4) is 11.5 Å². The maximum absolute atomic E-state index is 12.2. The highest BCUT2D eigenvalue weighted by molar-refractivity contribution is 6.32. The molecule has 0 aromatic heterocycles. The number of benzene rings is 3. The molecule has 3 aromatic rings.